The molecular weight excluding hydrogens is 251 g/mol. The second kappa shape index (κ2) is 4.99. The molecule has 0 unspecified atom stereocenters. The molecule has 0 aromatic heterocycles. The van der Waals surface area contributed by atoms with Gasteiger partial charge in [-0.05, 0) is 11.6 Å². The summed E-state index contributed by atoms with van der Waals surface area (Å²) < 4.78 is 37.9. The van der Waals surface area contributed by atoms with Gasteiger partial charge in [-0.2, -0.15) is 13.2 Å². The van der Waals surface area contributed by atoms with E-state index < -0.39 is 33.7 Å². The minimum atomic E-state index is -4.63. The number of rotatable bonds is 3. The fourth-order valence-corrected chi connectivity index (χ4v) is 1.31. The van der Waals surface area contributed by atoms with E-state index in [-0.39, 0.29) is 0 Å². The molecule has 4 nitrogen and oxygen atoms in total. The van der Waals surface area contributed by atoms with E-state index in [0.717, 1.165) is 19.1 Å². The molecule has 0 saturated heterocycles. The van der Waals surface area contributed by atoms with Crippen LogP contribution in [0.15, 0.2) is 30.0 Å². The Morgan fingerprint density at radius 3 is 2.33 bits per heavy atom. The number of alkyl halides is 3. The lowest BCUT2D eigenvalue weighted by Crippen LogP contribution is -2.10. The van der Waals surface area contributed by atoms with Crippen LogP contribution in [0.25, 0.3) is 6.08 Å². The molecule has 0 saturated carbocycles. The lowest BCUT2D eigenvalue weighted by molar-refractivity contribution is -0.417. The van der Waals surface area contributed by atoms with Crippen molar-refractivity contribution < 1.29 is 22.9 Å². The molecule has 0 bridgehead atoms. The molecule has 96 valence electrons. The molecule has 0 heterocycles. The summed E-state index contributed by atoms with van der Waals surface area (Å²) >= 11 is 0. The maximum absolute atomic E-state index is 12.6. The number of halogens is 3. The van der Waals surface area contributed by atoms with Crippen LogP contribution in [0.3, 0.4) is 0 Å². The number of hydrogen-bond acceptors (Lipinski definition) is 3. The van der Waals surface area contributed by atoms with E-state index in [1.807, 2.05) is 0 Å². The van der Waals surface area contributed by atoms with E-state index in [0.29, 0.717) is 6.08 Å². The van der Waals surface area contributed by atoms with Crippen molar-refractivity contribution in [2.45, 2.75) is 13.1 Å². The fraction of sp³-hybridized carbons (Fsp3) is 0.182. The summed E-state index contributed by atoms with van der Waals surface area (Å²) in [6.45, 7) is 0.921. The van der Waals surface area contributed by atoms with Crippen LogP contribution in [0.2, 0.25) is 0 Å². The summed E-state index contributed by atoms with van der Waals surface area (Å²) in [5.74, 6) is -0.906. The highest BCUT2D eigenvalue weighted by molar-refractivity contribution is 5.95. The van der Waals surface area contributed by atoms with E-state index in [2.05, 4.69) is 0 Å². The van der Waals surface area contributed by atoms with Gasteiger partial charge in [0.1, 0.15) is 0 Å². The predicted octanol–water partition coefficient (Wildman–Crippen LogP) is 2.91. The summed E-state index contributed by atoms with van der Waals surface area (Å²) in [7, 11) is 0. The van der Waals surface area contributed by atoms with Gasteiger partial charge in [0.25, 0.3) is 0 Å². The van der Waals surface area contributed by atoms with Crippen LogP contribution in [-0.4, -0.2) is 10.7 Å². The topological polar surface area (TPSA) is 60.2 Å². The van der Waals surface area contributed by atoms with Gasteiger partial charge >= 0.3 is 11.9 Å². The Morgan fingerprint density at radius 1 is 1.33 bits per heavy atom. The summed E-state index contributed by atoms with van der Waals surface area (Å²) in [6, 6.07) is 4.33. The number of nitro groups is 1. The third-order valence-electron chi connectivity index (χ3n) is 2.12. The zero-order valence-corrected chi connectivity index (χ0v) is 9.19. The molecule has 0 radical (unpaired) electrons. The molecule has 1 aromatic carbocycles. The number of nitrogens with zero attached hydrogens (tertiary/aromatic N) is 1. The van der Waals surface area contributed by atoms with Crippen molar-refractivity contribution >= 4 is 11.9 Å². The molecule has 1 rings (SSSR count). The highest BCUT2D eigenvalue weighted by atomic mass is 19.4. The number of hydrogen-bond donors (Lipinski definition) is 0. The SMILES string of the molecule is CC(=O)/C(=C\c1ccccc1C(F)(F)F)[N+](=O)[O-]. The van der Waals surface area contributed by atoms with Crippen LogP contribution in [0.5, 0.6) is 0 Å². The van der Waals surface area contributed by atoms with Gasteiger partial charge in [-0.25, -0.2) is 0 Å². The monoisotopic (exact) mass is 259 g/mol. The van der Waals surface area contributed by atoms with E-state index in [9.17, 15) is 28.1 Å². The largest absolute Gasteiger partial charge is 0.416 e. The van der Waals surface area contributed by atoms with Crippen LogP contribution in [0.1, 0.15) is 18.1 Å². The fourth-order valence-electron chi connectivity index (χ4n) is 1.31. The van der Waals surface area contributed by atoms with Crippen molar-refractivity contribution in [3.8, 4) is 0 Å². The Bertz CT molecular complexity index is 505. The summed E-state index contributed by atoms with van der Waals surface area (Å²) in [5.41, 5.74) is -2.32. The second-order valence-corrected chi connectivity index (χ2v) is 3.43. The van der Waals surface area contributed by atoms with E-state index in [1.54, 1.807) is 0 Å². The van der Waals surface area contributed by atoms with Gasteiger partial charge < -0.3 is 0 Å². The lowest BCUT2D eigenvalue weighted by Gasteiger charge is -2.09. The Balaban J connectivity index is 3.38. The Morgan fingerprint density at radius 2 is 1.89 bits per heavy atom. The van der Waals surface area contributed by atoms with Gasteiger partial charge in [-0.3, -0.25) is 14.9 Å². The number of carbonyl (C=O) groups is 1. The first-order valence-electron chi connectivity index (χ1n) is 4.76. The van der Waals surface area contributed by atoms with Crippen LogP contribution in [0, 0.1) is 10.1 Å². The number of ketones is 1. The zero-order chi connectivity index (χ0) is 13.9. The molecule has 0 aliphatic heterocycles. The molecule has 0 amide bonds. The first kappa shape index (κ1) is 13.9. The Labute approximate surface area is 99.9 Å². The molecule has 0 aliphatic carbocycles. The quantitative estimate of drug-likeness (QED) is 0.476. The third-order valence-corrected chi connectivity index (χ3v) is 2.12. The number of allylic oxidation sites excluding steroid dienone is 1. The van der Waals surface area contributed by atoms with Gasteiger partial charge in [-0.1, -0.05) is 18.2 Å². The average Bonchev–Trinajstić information content (AvgIpc) is 2.24. The molecule has 0 atom stereocenters. The number of Topliss-reactive ketones (excluding diaryl/α,β-unsaturated/α-hetero) is 1. The molecular formula is C11H8F3NO3. The number of benzene rings is 1. The molecule has 0 spiro atoms. The van der Waals surface area contributed by atoms with Crippen molar-refractivity contribution in [2.75, 3.05) is 0 Å². The van der Waals surface area contributed by atoms with Gasteiger partial charge in [0, 0.05) is 13.0 Å². The van der Waals surface area contributed by atoms with Gasteiger partial charge in [0.15, 0.2) is 0 Å². The lowest BCUT2D eigenvalue weighted by atomic mass is 10.1. The van der Waals surface area contributed by atoms with Crippen molar-refractivity contribution in [2.24, 2.45) is 0 Å². The zero-order valence-electron chi connectivity index (χ0n) is 9.19. The predicted molar refractivity (Wildman–Crippen MR) is 57.1 cm³/mol. The van der Waals surface area contributed by atoms with Crippen LogP contribution >= 0.6 is 0 Å². The third kappa shape index (κ3) is 3.16. The molecule has 0 aliphatic rings. The summed E-state index contributed by atoms with van der Waals surface area (Å²) in [5, 5.41) is 10.5. The van der Waals surface area contributed by atoms with E-state index in [4.69, 9.17) is 0 Å². The highest BCUT2D eigenvalue weighted by Crippen LogP contribution is 2.32. The normalized spacial score (nSPS) is 12.3. The van der Waals surface area contributed by atoms with Crippen molar-refractivity contribution in [1.29, 1.82) is 0 Å². The molecule has 0 fully saturated rings. The first-order chi connectivity index (χ1) is 8.23. The van der Waals surface area contributed by atoms with Gasteiger partial charge in [0.2, 0.25) is 5.78 Å². The minimum Gasteiger partial charge on any atom is -0.288 e. The highest BCUT2D eigenvalue weighted by Gasteiger charge is 2.33. The first-order valence-corrected chi connectivity index (χ1v) is 4.76. The summed E-state index contributed by atoms with van der Waals surface area (Å²) in [4.78, 5) is 20.5. The van der Waals surface area contributed by atoms with E-state index in [1.165, 1.54) is 12.1 Å². The minimum absolute atomic E-state index is 0.410. The smallest absolute Gasteiger partial charge is 0.288 e. The van der Waals surface area contributed by atoms with Gasteiger partial charge in [0.05, 0.1) is 10.5 Å². The Kier molecular flexibility index (Phi) is 3.85. The van der Waals surface area contributed by atoms with Crippen LogP contribution in [-0.2, 0) is 11.0 Å². The Hall–Kier alpha value is -2.18. The van der Waals surface area contributed by atoms with Gasteiger partial charge in [-0.15, -0.1) is 0 Å². The van der Waals surface area contributed by atoms with Crippen molar-refractivity contribution in [1.82, 2.24) is 0 Å². The van der Waals surface area contributed by atoms with Crippen LogP contribution in [0.4, 0.5) is 13.2 Å². The maximum Gasteiger partial charge on any atom is 0.416 e. The molecule has 1 aromatic rings. The molecule has 0 N–H and O–H groups in total. The van der Waals surface area contributed by atoms with Crippen molar-refractivity contribution in [3.05, 3.63) is 51.2 Å². The van der Waals surface area contributed by atoms with Crippen molar-refractivity contribution in [3.63, 3.8) is 0 Å². The molecule has 18 heavy (non-hydrogen) atoms. The summed E-state index contributed by atoms with van der Waals surface area (Å²) in [6.07, 6.45) is -4.00. The van der Waals surface area contributed by atoms with Crippen LogP contribution < -0.4 is 0 Å². The average molecular weight is 259 g/mol. The molecule has 7 heteroatoms. The standard InChI is InChI=1S/C11H8F3NO3/c1-7(16)10(15(17)18)6-8-4-2-3-5-9(8)11(12,13)14/h2-6H,1H3/b10-6+. The maximum atomic E-state index is 12.6. The van der Waals surface area contributed by atoms with E-state index >= 15 is 0 Å². The number of carbonyl (C=O) groups excluding carboxylic acids is 1. The second-order valence-electron chi connectivity index (χ2n) is 3.43.